The van der Waals surface area contributed by atoms with Crippen LogP contribution in [0.2, 0.25) is 0 Å². The van der Waals surface area contributed by atoms with E-state index < -0.39 is 17.7 Å². The van der Waals surface area contributed by atoms with Crippen molar-refractivity contribution in [2.45, 2.75) is 20.0 Å². The van der Waals surface area contributed by atoms with E-state index in [0.717, 1.165) is 19.6 Å². The van der Waals surface area contributed by atoms with Gasteiger partial charge in [-0.2, -0.15) is 0 Å². The lowest BCUT2D eigenvalue weighted by Gasteiger charge is -2.19. The average Bonchev–Trinajstić information content (AvgIpc) is 2.96. The van der Waals surface area contributed by atoms with Crippen LogP contribution in [0, 0.1) is 11.6 Å². The minimum Gasteiger partial charge on any atom is -0.386 e. The molecule has 22 heavy (non-hydrogen) atoms. The molecule has 1 heterocycles. The summed E-state index contributed by atoms with van der Waals surface area (Å²) >= 11 is 1.27. The van der Waals surface area contributed by atoms with Crippen LogP contribution in [0.15, 0.2) is 17.5 Å². The molecule has 0 radical (unpaired) electrons. The largest absolute Gasteiger partial charge is 0.386 e. The van der Waals surface area contributed by atoms with Crippen molar-refractivity contribution in [3.05, 3.63) is 34.7 Å². The molecule has 6 heteroatoms. The number of hydrogen-bond acceptors (Lipinski definition) is 4. The standard InChI is InChI=1S/C16H21F2NO2S/c1-3-19(4-2)6-7-21-10-13(20)15-12(17)9-14-11(16(15)18)5-8-22-14/h5,8-9,13,20H,3-4,6-7,10H2,1-2H3. The molecule has 3 nitrogen and oxygen atoms in total. The molecule has 1 aromatic carbocycles. The third kappa shape index (κ3) is 3.81. The number of benzene rings is 1. The van der Waals surface area contributed by atoms with E-state index >= 15 is 0 Å². The van der Waals surface area contributed by atoms with Gasteiger partial charge in [-0.15, -0.1) is 11.3 Å². The van der Waals surface area contributed by atoms with E-state index in [1.807, 2.05) is 0 Å². The van der Waals surface area contributed by atoms with E-state index in [9.17, 15) is 13.9 Å². The molecule has 122 valence electrons. The molecule has 0 aliphatic carbocycles. The highest BCUT2D eigenvalue weighted by molar-refractivity contribution is 7.17. The van der Waals surface area contributed by atoms with E-state index in [2.05, 4.69) is 18.7 Å². The van der Waals surface area contributed by atoms with Crippen molar-refractivity contribution in [3.63, 3.8) is 0 Å². The minimum absolute atomic E-state index is 0.120. The number of hydrogen-bond donors (Lipinski definition) is 1. The molecule has 0 amide bonds. The van der Waals surface area contributed by atoms with Crippen LogP contribution in [0.1, 0.15) is 25.5 Å². The summed E-state index contributed by atoms with van der Waals surface area (Å²) in [5, 5.41) is 12.1. The van der Waals surface area contributed by atoms with E-state index in [1.165, 1.54) is 17.4 Å². The van der Waals surface area contributed by atoms with Gasteiger partial charge in [0.2, 0.25) is 0 Å². The molecule has 2 rings (SSSR count). The summed E-state index contributed by atoms with van der Waals surface area (Å²) in [6.45, 7) is 6.97. The van der Waals surface area contributed by atoms with Gasteiger partial charge in [-0.25, -0.2) is 8.78 Å². The van der Waals surface area contributed by atoms with E-state index in [1.54, 1.807) is 11.4 Å². The Bertz CT molecular complexity index is 613. The maximum absolute atomic E-state index is 14.3. The number of halogens is 2. The Hall–Kier alpha value is -1.08. The Balaban J connectivity index is 1.99. The second-order valence-corrected chi connectivity index (χ2v) is 5.98. The summed E-state index contributed by atoms with van der Waals surface area (Å²) in [6, 6.07) is 2.85. The van der Waals surface area contributed by atoms with Crippen molar-refractivity contribution >= 4 is 21.4 Å². The topological polar surface area (TPSA) is 32.7 Å². The maximum atomic E-state index is 14.3. The SMILES string of the molecule is CCN(CC)CCOCC(O)c1c(F)cc2sccc2c1F. The summed E-state index contributed by atoms with van der Waals surface area (Å²) in [6.07, 6.45) is -1.30. The zero-order valence-corrected chi connectivity index (χ0v) is 13.6. The molecule has 0 saturated heterocycles. The molecular weight excluding hydrogens is 308 g/mol. The highest BCUT2D eigenvalue weighted by Gasteiger charge is 2.21. The van der Waals surface area contributed by atoms with Crippen molar-refractivity contribution in [3.8, 4) is 0 Å². The Kier molecular flexibility index (Phi) is 6.26. The lowest BCUT2D eigenvalue weighted by Crippen LogP contribution is -2.27. The molecule has 2 aromatic rings. The monoisotopic (exact) mass is 329 g/mol. The molecule has 1 aromatic heterocycles. The van der Waals surface area contributed by atoms with Crippen LogP contribution in [0.25, 0.3) is 10.1 Å². The van der Waals surface area contributed by atoms with Gasteiger partial charge in [0.15, 0.2) is 0 Å². The quantitative estimate of drug-likeness (QED) is 0.752. The van der Waals surface area contributed by atoms with Gasteiger partial charge in [0.05, 0.1) is 18.8 Å². The van der Waals surface area contributed by atoms with E-state index in [4.69, 9.17) is 4.74 Å². The summed E-state index contributed by atoms with van der Waals surface area (Å²) in [7, 11) is 0. The van der Waals surface area contributed by atoms with Crippen molar-refractivity contribution in [1.29, 1.82) is 0 Å². The van der Waals surface area contributed by atoms with Crippen molar-refractivity contribution < 1.29 is 18.6 Å². The number of nitrogens with zero attached hydrogens (tertiary/aromatic N) is 1. The first-order valence-corrected chi connectivity index (χ1v) is 8.29. The normalized spacial score (nSPS) is 13.2. The molecule has 1 atom stereocenters. The molecule has 1 N–H and O–H groups in total. The fraction of sp³-hybridized carbons (Fsp3) is 0.500. The van der Waals surface area contributed by atoms with Crippen molar-refractivity contribution in [2.75, 3.05) is 32.8 Å². The third-order valence-corrected chi connectivity index (χ3v) is 4.60. The molecule has 0 aliphatic heterocycles. The fourth-order valence-electron chi connectivity index (χ4n) is 2.37. The highest BCUT2D eigenvalue weighted by Crippen LogP contribution is 2.31. The second-order valence-electron chi connectivity index (χ2n) is 5.04. The summed E-state index contributed by atoms with van der Waals surface area (Å²) in [5.74, 6) is -1.43. The number of fused-ring (bicyclic) bond motifs is 1. The molecule has 0 fully saturated rings. The van der Waals surface area contributed by atoms with Gasteiger partial charge >= 0.3 is 0 Å². The molecular formula is C16H21F2NO2S. The third-order valence-electron chi connectivity index (χ3n) is 3.74. The number of ether oxygens (including phenoxy) is 1. The maximum Gasteiger partial charge on any atom is 0.140 e. The smallest absolute Gasteiger partial charge is 0.140 e. The second kappa shape index (κ2) is 7.97. The molecule has 1 unspecified atom stereocenters. The van der Waals surface area contributed by atoms with Gasteiger partial charge in [0.1, 0.15) is 17.7 Å². The number of thiophene rings is 1. The van der Waals surface area contributed by atoms with Gasteiger partial charge in [0, 0.05) is 16.6 Å². The van der Waals surface area contributed by atoms with Gasteiger partial charge in [-0.3, -0.25) is 0 Å². The van der Waals surface area contributed by atoms with Gasteiger partial charge in [-0.05, 0) is 30.6 Å². The first-order valence-electron chi connectivity index (χ1n) is 7.41. The Morgan fingerprint density at radius 1 is 1.32 bits per heavy atom. The van der Waals surface area contributed by atoms with Gasteiger partial charge in [0.25, 0.3) is 0 Å². The van der Waals surface area contributed by atoms with Crippen molar-refractivity contribution in [2.24, 2.45) is 0 Å². The zero-order valence-electron chi connectivity index (χ0n) is 12.8. The molecule has 0 bridgehead atoms. The highest BCUT2D eigenvalue weighted by atomic mass is 32.1. The van der Waals surface area contributed by atoms with Crippen molar-refractivity contribution in [1.82, 2.24) is 4.90 Å². The van der Waals surface area contributed by atoms with Crippen LogP contribution in [-0.4, -0.2) is 42.9 Å². The van der Waals surface area contributed by atoms with Crippen LogP contribution < -0.4 is 0 Å². The zero-order chi connectivity index (χ0) is 16.1. The first-order chi connectivity index (χ1) is 10.6. The van der Waals surface area contributed by atoms with E-state index in [-0.39, 0.29) is 12.2 Å². The van der Waals surface area contributed by atoms with Crippen LogP contribution in [0.4, 0.5) is 8.78 Å². The molecule has 0 saturated carbocycles. The summed E-state index contributed by atoms with van der Waals surface area (Å²) in [5.41, 5.74) is -0.311. The van der Waals surface area contributed by atoms with Crippen LogP contribution >= 0.6 is 11.3 Å². The number of likely N-dealkylation sites (N-methyl/N-ethyl adjacent to an activating group) is 1. The van der Waals surface area contributed by atoms with E-state index in [0.29, 0.717) is 16.7 Å². The average molecular weight is 329 g/mol. The number of aliphatic hydroxyl groups is 1. The Morgan fingerprint density at radius 3 is 2.73 bits per heavy atom. The van der Waals surface area contributed by atoms with Crippen LogP contribution in [-0.2, 0) is 4.74 Å². The Labute approximate surface area is 133 Å². The lowest BCUT2D eigenvalue weighted by atomic mass is 10.1. The summed E-state index contributed by atoms with van der Waals surface area (Å²) < 4.78 is 34.2. The predicted octanol–water partition coefficient (Wildman–Crippen LogP) is 3.57. The predicted molar refractivity (Wildman–Crippen MR) is 85.3 cm³/mol. The van der Waals surface area contributed by atoms with Gasteiger partial charge < -0.3 is 14.7 Å². The van der Waals surface area contributed by atoms with Gasteiger partial charge in [-0.1, -0.05) is 13.8 Å². The molecule has 0 aliphatic rings. The fourth-order valence-corrected chi connectivity index (χ4v) is 3.18. The van der Waals surface area contributed by atoms with Crippen LogP contribution in [0.3, 0.4) is 0 Å². The Morgan fingerprint density at radius 2 is 2.05 bits per heavy atom. The summed E-state index contributed by atoms with van der Waals surface area (Å²) in [4.78, 5) is 2.17. The molecule has 0 spiro atoms. The number of rotatable bonds is 8. The first kappa shape index (κ1) is 17.3. The van der Waals surface area contributed by atoms with Crippen LogP contribution in [0.5, 0.6) is 0 Å². The lowest BCUT2D eigenvalue weighted by molar-refractivity contribution is 0.0243. The minimum atomic E-state index is -1.30. The number of aliphatic hydroxyl groups excluding tert-OH is 1.